The van der Waals surface area contributed by atoms with E-state index in [2.05, 4.69) is 36.1 Å². The molecule has 2 aromatic rings. The molecule has 0 atom stereocenters. The summed E-state index contributed by atoms with van der Waals surface area (Å²) in [6, 6.07) is 7.52. The third-order valence-electron chi connectivity index (χ3n) is 3.16. The smallest absolute Gasteiger partial charge is 0.161 e. The largest absolute Gasteiger partial charge is 0.495 e. The van der Waals surface area contributed by atoms with E-state index in [1.54, 1.807) is 7.11 Å². The van der Waals surface area contributed by atoms with Gasteiger partial charge in [0.1, 0.15) is 11.6 Å². The lowest BCUT2D eigenvalue weighted by atomic mass is 9.92. The minimum Gasteiger partial charge on any atom is -0.495 e. The highest BCUT2D eigenvalue weighted by atomic mass is 35.5. The van der Waals surface area contributed by atoms with Gasteiger partial charge in [-0.25, -0.2) is 9.97 Å². The van der Waals surface area contributed by atoms with Crippen LogP contribution < -0.4 is 10.1 Å². The van der Waals surface area contributed by atoms with E-state index in [-0.39, 0.29) is 5.41 Å². The fraction of sp³-hybridized carbons (Fsp3) is 0.375. The first kappa shape index (κ1) is 15.6. The molecule has 0 saturated heterocycles. The van der Waals surface area contributed by atoms with Crippen molar-refractivity contribution in [3.05, 3.63) is 35.0 Å². The average Bonchev–Trinajstić information content (AvgIpc) is 2.45. The van der Waals surface area contributed by atoms with Crippen LogP contribution in [0.4, 0.5) is 5.82 Å². The lowest BCUT2D eigenvalue weighted by Crippen LogP contribution is -2.15. The van der Waals surface area contributed by atoms with Gasteiger partial charge in [-0.2, -0.15) is 0 Å². The normalized spacial score (nSPS) is 11.3. The zero-order valence-electron chi connectivity index (χ0n) is 13.0. The number of aromatic nitrogens is 2. The van der Waals surface area contributed by atoms with Gasteiger partial charge in [-0.1, -0.05) is 32.4 Å². The number of hydrogen-bond donors (Lipinski definition) is 1. The summed E-state index contributed by atoms with van der Waals surface area (Å²) in [4.78, 5) is 9.18. The summed E-state index contributed by atoms with van der Waals surface area (Å²) < 4.78 is 5.17. The minimum atomic E-state index is -0.0560. The van der Waals surface area contributed by atoms with Gasteiger partial charge in [-0.15, -0.1) is 0 Å². The van der Waals surface area contributed by atoms with Crippen LogP contribution in [0.3, 0.4) is 0 Å². The van der Waals surface area contributed by atoms with Crippen LogP contribution in [0.1, 0.15) is 26.5 Å². The van der Waals surface area contributed by atoms with E-state index in [1.807, 2.05) is 31.3 Å². The van der Waals surface area contributed by atoms with Crippen molar-refractivity contribution in [3.8, 4) is 17.1 Å². The van der Waals surface area contributed by atoms with Crippen LogP contribution in [-0.2, 0) is 5.41 Å². The number of rotatable bonds is 3. The first-order chi connectivity index (χ1) is 9.85. The van der Waals surface area contributed by atoms with E-state index < -0.39 is 0 Å². The van der Waals surface area contributed by atoms with Crippen molar-refractivity contribution in [2.75, 3.05) is 19.5 Å². The summed E-state index contributed by atoms with van der Waals surface area (Å²) in [7, 11) is 3.44. The number of methoxy groups -OCH3 is 1. The fourth-order valence-electron chi connectivity index (χ4n) is 1.89. The van der Waals surface area contributed by atoms with E-state index in [0.717, 1.165) is 17.1 Å². The van der Waals surface area contributed by atoms with Crippen LogP contribution in [0.2, 0.25) is 5.02 Å². The Bertz CT molecular complexity index is 650. The molecule has 0 aliphatic heterocycles. The molecule has 0 bridgehead atoms. The molecule has 4 nitrogen and oxygen atoms in total. The first-order valence-electron chi connectivity index (χ1n) is 6.76. The van der Waals surface area contributed by atoms with Crippen molar-refractivity contribution < 1.29 is 4.74 Å². The van der Waals surface area contributed by atoms with Gasteiger partial charge in [-0.3, -0.25) is 0 Å². The molecule has 2 rings (SSSR count). The summed E-state index contributed by atoms with van der Waals surface area (Å²) in [5.74, 6) is 2.08. The average molecular weight is 306 g/mol. The van der Waals surface area contributed by atoms with Crippen molar-refractivity contribution in [2.45, 2.75) is 26.2 Å². The molecule has 1 heterocycles. The second-order valence-corrected chi connectivity index (χ2v) is 6.22. The third-order valence-corrected chi connectivity index (χ3v) is 3.46. The first-order valence-corrected chi connectivity index (χ1v) is 7.14. The number of benzene rings is 1. The van der Waals surface area contributed by atoms with E-state index in [4.69, 9.17) is 16.3 Å². The Balaban J connectivity index is 2.55. The molecule has 112 valence electrons. The molecule has 0 spiro atoms. The van der Waals surface area contributed by atoms with Crippen LogP contribution >= 0.6 is 11.6 Å². The standard InChI is InChI=1S/C16H20ClN3O/c1-16(2,3)13-9-14(18-4)20-15(19-13)10-6-7-12(21-5)11(17)8-10/h6-9H,1-5H3,(H,18,19,20). The zero-order chi connectivity index (χ0) is 15.6. The molecule has 0 saturated carbocycles. The van der Waals surface area contributed by atoms with Gasteiger partial charge >= 0.3 is 0 Å². The molecule has 0 aliphatic rings. The van der Waals surface area contributed by atoms with Gasteiger partial charge < -0.3 is 10.1 Å². The Morgan fingerprint density at radius 2 is 1.86 bits per heavy atom. The number of anilines is 1. The highest BCUT2D eigenvalue weighted by Gasteiger charge is 2.18. The number of hydrogen-bond acceptors (Lipinski definition) is 4. The molecule has 0 amide bonds. The van der Waals surface area contributed by atoms with E-state index >= 15 is 0 Å². The van der Waals surface area contributed by atoms with Crippen molar-refractivity contribution in [1.29, 1.82) is 0 Å². The monoisotopic (exact) mass is 305 g/mol. The van der Waals surface area contributed by atoms with Crippen LogP contribution in [0.5, 0.6) is 5.75 Å². The Morgan fingerprint density at radius 1 is 1.14 bits per heavy atom. The molecular formula is C16H20ClN3O. The molecule has 1 N–H and O–H groups in total. The maximum Gasteiger partial charge on any atom is 0.161 e. The van der Waals surface area contributed by atoms with Crippen LogP contribution in [0, 0.1) is 0 Å². The topological polar surface area (TPSA) is 47.0 Å². The highest BCUT2D eigenvalue weighted by Crippen LogP contribution is 2.30. The predicted molar refractivity (Wildman–Crippen MR) is 87.3 cm³/mol. The summed E-state index contributed by atoms with van der Waals surface area (Å²) in [5, 5.41) is 3.62. The molecule has 1 aromatic carbocycles. The Hall–Kier alpha value is -1.81. The van der Waals surface area contributed by atoms with Crippen molar-refractivity contribution >= 4 is 17.4 Å². The van der Waals surface area contributed by atoms with Gasteiger partial charge in [0.05, 0.1) is 17.8 Å². The van der Waals surface area contributed by atoms with Gasteiger partial charge in [0.25, 0.3) is 0 Å². The number of halogens is 1. The lowest BCUT2D eigenvalue weighted by Gasteiger charge is -2.19. The van der Waals surface area contributed by atoms with Crippen molar-refractivity contribution in [1.82, 2.24) is 9.97 Å². The predicted octanol–water partition coefficient (Wildman–Crippen LogP) is 4.14. The second-order valence-electron chi connectivity index (χ2n) is 5.81. The number of nitrogens with one attached hydrogen (secondary N) is 1. The number of ether oxygens (including phenoxy) is 1. The lowest BCUT2D eigenvalue weighted by molar-refractivity contribution is 0.415. The van der Waals surface area contributed by atoms with Gasteiger partial charge in [0.15, 0.2) is 5.82 Å². The maximum atomic E-state index is 6.19. The maximum absolute atomic E-state index is 6.19. The SMILES string of the molecule is CNc1cc(C(C)(C)C)nc(-c2ccc(OC)c(Cl)c2)n1. The van der Waals surface area contributed by atoms with Gasteiger partial charge in [-0.05, 0) is 18.2 Å². The van der Waals surface area contributed by atoms with E-state index in [9.17, 15) is 0 Å². The molecule has 21 heavy (non-hydrogen) atoms. The minimum absolute atomic E-state index is 0.0560. The molecule has 0 radical (unpaired) electrons. The molecule has 1 aromatic heterocycles. The quantitative estimate of drug-likeness (QED) is 0.925. The molecule has 5 heteroatoms. The molecule has 0 fully saturated rings. The van der Waals surface area contributed by atoms with E-state index in [0.29, 0.717) is 16.6 Å². The number of nitrogens with zero attached hydrogens (tertiary/aromatic N) is 2. The highest BCUT2D eigenvalue weighted by molar-refractivity contribution is 6.32. The fourth-order valence-corrected chi connectivity index (χ4v) is 2.15. The van der Waals surface area contributed by atoms with Crippen LogP contribution in [0.15, 0.2) is 24.3 Å². The Morgan fingerprint density at radius 3 is 2.38 bits per heavy atom. The summed E-state index contributed by atoms with van der Waals surface area (Å²) in [6.07, 6.45) is 0. The van der Waals surface area contributed by atoms with E-state index in [1.165, 1.54) is 0 Å². The molecule has 0 unspecified atom stereocenters. The van der Waals surface area contributed by atoms with Crippen molar-refractivity contribution in [2.24, 2.45) is 0 Å². The molecular weight excluding hydrogens is 286 g/mol. The third kappa shape index (κ3) is 3.45. The zero-order valence-corrected chi connectivity index (χ0v) is 13.7. The molecule has 0 aliphatic carbocycles. The summed E-state index contributed by atoms with van der Waals surface area (Å²) >= 11 is 6.19. The van der Waals surface area contributed by atoms with Crippen molar-refractivity contribution in [3.63, 3.8) is 0 Å². The summed E-state index contributed by atoms with van der Waals surface area (Å²) in [5.41, 5.74) is 1.78. The Kier molecular flexibility index (Phi) is 4.37. The van der Waals surface area contributed by atoms with Gasteiger partial charge in [0, 0.05) is 24.1 Å². The summed E-state index contributed by atoms with van der Waals surface area (Å²) in [6.45, 7) is 6.37. The van der Waals surface area contributed by atoms with Crippen LogP contribution in [0.25, 0.3) is 11.4 Å². The van der Waals surface area contributed by atoms with Crippen LogP contribution in [-0.4, -0.2) is 24.1 Å². The second kappa shape index (κ2) is 5.90. The van der Waals surface area contributed by atoms with Gasteiger partial charge in [0.2, 0.25) is 0 Å². The Labute approximate surface area is 130 Å².